The van der Waals surface area contributed by atoms with E-state index in [2.05, 4.69) is 12.0 Å². The molecular formula is C13H19N3OS. The molecule has 0 spiro atoms. The van der Waals surface area contributed by atoms with Crippen LogP contribution in [0.4, 0.5) is 0 Å². The van der Waals surface area contributed by atoms with Gasteiger partial charge in [0.25, 0.3) is 0 Å². The van der Waals surface area contributed by atoms with Crippen molar-refractivity contribution in [1.82, 2.24) is 9.78 Å². The molecule has 0 radical (unpaired) electrons. The molecule has 0 aliphatic rings. The topological polar surface area (TPSA) is 60.9 Å². The fraction of sp³-hybridized carbons (Fsp3) is 0.462. The normalized spacial score (nSPS) is 14.8. The first-order valence-electron chi connectivity index (χ1n) is 6.19. The zero-order valence-electron chi connectivity index (χ0n) is 10.8. The maximum atomic E-state index is 12.1. The van der Waals surface area contributed by atoms with Gasteiger partial charge in [-0.05, 0) is 19.9 Å². The van der Waals surface area contributed by atoms with Crippen molar-refractivity contribution in [3.05, 3.63) is 30.0 Å². The largest absolute Gasteiger partial charge is 0.329 e. The summed E-state index contributed by atoms with van der Waals surface area (Å²) < 4.78 is 14.0. The van der Waals surface area contributed by atoms with E-state index in [1.165, 1.54) is 0 Å². The second-order valence-electron chi connectivity index (χ2n) is 4.35. The van der Waals surface area contributed by atoms with Crippen molar-refractivity contribution in [3.8, 4) is 0 Å². The van der Waals surface area contributed by atoms with Gasteiger partial charge in [-0.1, -0.05) is 18.2 Å². The first kappa shape index (κ1) is 13.2. The number of para-hydroxylation sites is 1. The number of nitrogens with two attached hydrogens (primary N) is 1. The van der Waals surface area contributed by atoms with E-state index < -0.39 is 10.8 Å². The SMILES string of the molecule is CCn1nc(CS(=O)C(C)CN)c2ccccc21. The molecular weight excluding hydrogens is 246 g/mol. The van der Waals surface area contributed by atoms with E-state index in [1.54, 1.807) is 0 Å². The molecule has 1 aromatic carbocycles. The molecule has 5 heteroatoms. The third-order valence-corrected chi connectivity index (χ3v) is 4.74. The summed E-state index contributed by atoms with van der Waals surface area (Å²) >= 11 is 0. The Labute approximate surface area is 110 Å². The summed E-state index contributed by atoms with van der Waals surface area (Å²) in [6.07, 6.45) is 0. The van der Waals surface area contributed by atoms with Crippen LogP contribution < -0.4 is 5.73 Å². The van der Waals surface area contributed by atoms with E-state index in [1.807, 2.05) is 35.9 Å². The second kappa shape index (κ2) is 5.63. The van der Waals surface area contributed by atoms with Crippen molar-refractivity contribution in [2.24, 2.45) is 5.73 Å². The molecule has 0 amide bonds. The summed E-state index contributed by atoms with van der Waals surface area (Å²) in [5.74, 6) is 0.478. The molecule has 1 heterocycles. The van der Waals surface area contributed by atoms with Crippen LogP contribution in [0, 0.1) is 0 Å². The van der Waals surface area contributed by atoms with Gasteiger partial charge in [-0.15, -0.1) is 0 Å². The van der Waals surface area contributed by atoms with Crippen molar-refractivity contribution in [3.63, 3.8) is 0 Å². The summed E-state index contributed by atoms with van der Waals surface area (Å²) in [5, 5.41) is 5.65. The molecule has 2 atom stereocenters. The minimum Gasteiger partial charge on any atom is -0.329 e. The molecule has 98 valence electrons. The van der Waals surface area contributed by atoms with Crippen LogP contribution in [0.2, 0.25) is 0 Å². The molecule has 0 aliphatic carbocycles. The quantitative estimate of drug-likeness (QED) is 0.894. The molecule has 18 heavy (non-hydrogen) atoms. The van der Waals surface area contributed by atoms with Crippen LogP contribution in [0.25, 0.3) is 10.9 Å². The lowest BCUT2D eigenvalue weighted by Crippen LogP contribution is -2.23. The van der Waals surface area contributed by atoms with Gasteiger partial charge in [-0.2, -0.15) is 5.10 Å². The van der Waals surface area contributed by atoms with Gasteiger partial charge < -0.3 is 5.73 Å². The van der Waals surface area contributed by atoms with Crippen molar-refractivity contribution in [2.45, 2.75) is 31.4 Å². The predicted octanol–water partition coefficient (Wildman–Crippen LogP) is 1.65. The second-order valence-corrected chi connectivity index (χ2v) is 6.21. The van der Waals surface area contributed by atoms with E-state index in [0.717, 1.165) is 23.1 Å². The highest BCUT2D eigenvalue weighted by Crippen LogP contribution is 2.20. The van der Waals surface area contributed by atoms with Crippen molar-refractivity contribution in [2.75, 3.05) is 6.54 Å². The number of rotatable bonds is 5. The lowest BCUT2D eigenvalue weighted by atomic mass is 10.2. The predicted molar refractivity (Wildman–Crippen MR) is 75.8 cm³/mol. The summed E-state index contributed by atoms with van der Waals surface area (Å²) in [6.45, 7) is 5.23. The Hall–Kier alpha value is -1.20. The van der Waals surface area contributed by atoms with Crippen LogP contribution in [0.1, 0.15) is 19.5 Å². The standard InChI is InChI=1S/C13H19N3OS/c1-3-16-13-7-5-4-6-11(13)12(15-16)9-18(17)10(2)8-14/h4-7,10H,3,8-9,14H2,1-2H3. The van der Waals surface area contributed by atoms with Crippen molar-refractivity contribution < 1.29 is 4.21 Å². The van der Waals surface area contributed by atoms with Crippen LogP contribution in [-0.2, 0) is 23.1 Å². The number of fused-ring (bicyclic) bond motifs is 1. The molecule has 2 rings (SSSR count). The van der Waals surface area contributed by atoms with Crippen LogP contribution in [-0.4, -0.2) is 25.8 Å². The van der Waals surface area contributed by atoms with E-state index in [9.17, 15) is 4.21 Å². The van der Waals surface area contributed by atoms with Crippen LogP contribution in [0.3, 0.4) is 0 Å². The molecule has 2 unspecified atom stereocenters. The van der Waals surface area contributed by atoms with Gasteiger partial charge in [0.1, 0.15) is 0 Å². The third-order valence-electron chi connectivity index (χ3n) is 3.09. The minimum absolute atomic E-state index is 0.00976. The number of nitrogens with zero attached hydrogens (tertiary/aromatic N) is 2. The zero-order chi connectivity index (χ0) is 13.1. The maximum absolute atomic E-state index is 12.1. The van der Waals surface area contributed by atoms with Gasteiger partial charge >= 0.3 is 0 Å². The highest BCUT2D eigenvalue weighted by atomic mass is 32.2. The maximum Gasteiger partial charge on any atom is 0.0828 e. The van der Waals surface area contributed by atoms with E-state index in [0.29, 0.717) is 12.3 Å². The number of benzene rings is 1. The molecule has 2 aromatic rings. The third kappa shape index (κ3) is 2.47. The highest BCUT2D eigenvalue weighted by molar-refractivity contribution is 7.84. The summed E-state index contributed by atoms with van der Waals surface area (Å²) in [5.41, 5.74) is 7.56. The summed E-state index contributed by atoms with van der Waals surface area (Å²) in [4.78, 5) is 0. The van der Waals surface area contributed by atoms with Crippen LogP contribution in [0.15, 0.2) is 24.3 Å². The first-order valence-corrected chi connectivity index (χ1v) is 7.57. The Bertz CT molecular complexity index is 564. The number of aryl methyl sites for hydroxylation is 1. The van der Waals surface area contributed by atoms with Gasteiger partial charge in [0.2, 0.25) is 0 Å². The van der Waals surface area contributed by atoms with Crippen LogP contribution >= 0.6 is 0 Å². The number of aromatic nitrogens is 2. The smallest absolute Gasteiger partial charge is 0.0828 e. The monoisotopic (exact) mass is 265 g/mol. The van der Waals surface area contributed by atoms with E-state index in [-0.39, 0.29) is 5.25 Å². The molecule has 0 bridgehead atoms. The molecule has 0 fully saturated rings. The van der Waals surface area contributed by atoms with Crippen molar-refractivity contribution in [1.29, 1.82) is 0 Å². The van der Waals surface area contributed by atoms with Gasteiger partial charge in [0.05, 0.1) is 17.0 Å². The fourth-order valence-corrected chi connectivity index (χ4v) is 2.91. The summed E-state index contributed by atoms with van der Waals surface area (Å²) in [7, 11) is -0.961. The van der Waals surface area contributed by atoms with Gasteiger partial charge in [-0.3, -0.25) is 8.89 Å². The lowest BCUT2D eigenvalue weighted by molar-refractivity contribution is 0.662. The van der Waals surface area contributed by atoms with Gasteiger partial charge in [0.15, 0.2) is 0 Å². The average Bonchev–Trinajstić information content (AvgIpc) is 2.76. The van der Waals surface area contributed by atoms with Gasteiger partial charge in [-0.25, -0.2) is 0 Å². The Morgan fingerprint density at radius 2 is 2.17 bits per heavy atom. The Kier molecular flexibility index (Phi) is 4.14. The minimum atomic E-state index is -0.961. The number of hydrogen-bond acceptors (Lipinski definition) is 3. The summed E-state index contributed by atoms with van der Waals surface area (Å²) in [6, 6.07) is 8.07. The molecule has 0 saturated heterocycles. The van der Waals surface area contributed by atoms with Gasteiger partial charge in [0, 0.05) is 34.5 Å². The highest BCUT2D eigenvalue weighted by Gasteiger charge is 2.15. The Morgan fingerprint density at radius 1 is 1.44 bits per heavy atom. The molecule has 1 aromatic heterocycles. The molecule has 0 aliphatic heterocycles. The fourth-order valence-electron chi connectivity index (χ4n) is 1.93. The Morgan fingerprint density at radius 3 is 2.83 bits per heavy atom. The van der Waals surface area contributed by atoms with Crippen LogP contribution in [0.5, 0.6) is 0 Å². The zero-order valence-corrected chi connectivity index (χ0v) is 11.6. The first-order chi connectivity index (χ1) is 8.67. The van der Waals surface area contributed by atoms with Crippen molar-refractivity contribution >= 4 is 21.7 Å². The average molecular weight is 265 g/mol. The molecule has 0 saturated carbocycles. The Balaban J connectivity index is 2.36. The molecule has 2 N–H and O–H groups in total. The lowest BCUT2D eigenvalue weighted by Gasteiger charge is -2.06. The van der Waals surface area contributed by atoms with E-state index in [4.69, 9.17) is 5.73 Å². The number of hydrogen-bond donors (Lipinski definition) is 1. The molecule has 4 nitrogen and oxygen atoms in total. The van der Waals surface area contributed by atoms with E-state index >= 15 is 0 Å².